The van der Waals surface area contributed by atoms with Crippen LogP contribution in [0.3, 0.4) is 0 Å². The highest BCUT2D eigenvalue weighted by Gasteiger charge is 2.41. The molecule has 2 N–H and O–H groups in total. The van der Waals surface area contributed by atoms with Crippen LogP contribution in [0.15, 0.2) is 41.0 Å². The fourth-order valence-electron chi connectivity index (χ4n) is 3.48. The summed E-state index contributed by atoms with van der Waals surface area (Å²) in [7, 11) is 0. The van der Waals surface area contributed by atoms with Gasteiger partial charge in [0.25, 0.3) is 11.8 Å². The summed E-state index contributed by atoms with van der Waals surface area (Å²) < 4.78 is 5.19. The van der Waals surface area contributed by atoms with Crippen LogP contribution in [-0.2, 0) is 0 Å². The maximum atomic E-state index is 12.5. The molecule has 1 spiro atoms. The Bertz CT molecular complexity index is 790. The van der Waals surface area contributed by atoms with Crippen LogP contribution in [0.2, 0.25) is 0 Å². The van der Waals surface area contributed by atoms with Crippen molar-refractivity contribution in [3.05, 3.63) is 53.5 Å². The number of carbonyl (C=O) groups is 2. The highest BCUT2D eigenvalue weighted by molar-refractivity contribution is 6.03. The van der Waals surface area contributed by atoms with E-state index in [1.165, 1.54) is 6.26 Å². The molecular weight excluding hydrogens is 306 g/mol. The molecule has 6 nitrogen and oxygen atoms in total. The molecule has 0 aliphatic carbocycles. The van der Waals surface area contributed by atoms with Gasteiger partial charge in [-0.2, -0.15) is 0 Å². The Morgan fingerprint density at radius 1 is 1.17 bits per heavy atom. The predicted molar refractivity (Wildman–Crippen MR) is 88.8 cm³/mol. The molecule has 2 amide bonds. The van der Waals surface area contributed by atoms with Crippen LogP contribution < -0.4 is 10.6 Å². The number of para-hydroxylation sites is 1. The lowest BCUT2D eigenvalue weighted by molar-refractivity contribution is 0.0611. The third kappa shape index (κ3) is 2.35. The summed E-state index contributed by atoms with van der Waals surface area (Å²) in [6.07, 6.45) is 2.80. The van der Waals surface area contributed by atoms with Gasteiger partial charge in [0.2, 0.25) is 0 Å². The van der Waals surface area contributed by atoms with Gasteiger partial charge < -0.3 is 20.0 Å². The number of hydrogen-bond acceptors (Lipinski definition) is 4. The van der Waals surface area contributed by atoms with Crippen molar-refractivity contribution >= 4 is 17.5 Å². The Hall–Kier alpha value is -2.76. The molecule has 2 aliphatic heterocycles. The molecule has 2 aromatic rings. The number of hydrogen-bond donors (Lipinski definition) is 2. The third-order valence-corrected chi connectivity index (χ3v) is 4.87. The summed E-state index contributed by atoms with van der Waals surface area (Å²) in [6, 6.07) is 9.09. The Kier molecular flexibility index (Phi) is 3.33. The fourth-order valence-corrected chi connectivity index (χ4v) is 3.48. The van der Waals surface area contributed by atoms with Gasteiger partial charge >= 0.3 is 0 Å². The number of benzene rings is 1. The number of nitrogens with one attached hydrogen (secondary N) is 2. The number of anilines is 1. The molecule has 0 radical (unpaired) electrons. The molecule has 0 saturated carbocycles. The fraction of sp³-hybridized carbons (Fsp3) is 0.333. The van der Waals surface area contributed by atoms with Gasteiger partial charge in [-0.15, -0.1) is 0 Å². The van der Waals surface area contributed by atoms with Crippen LogP contribution in [0.5, 0.6) is 0 Å². The van der Waals surface area contributed by atoms with Crippen molar-refractivity contribution in [3.8, 4) is 0 Å². The standard InChI is InChI=1S/C18H19N3O3/c1-12-4-2-5-13-15(12)19-18(20-16(13)22)7-9-21(10-8-18)17(23)14-6-3-11-24-14/h2-6,11,19H,7-10H2,1H3,(H,20,22). The van der Waals surface area contributed by atoms with E-state index in [-0.39, 0.29) is 11.8 Å². The van der Waals surface area contributed by atoms with Crippen molar-refractivity contribution in [3.63, 3.8) is 0 Å². The SMILES string of the molecule is Cc1cccc2c1NC1(CCN(C(=O)c3ccco3)CC1)NC2=O. The van der Waals surface area contributed by atoms with E-state index in [1.54, 1.807) is 17.0 Å². The van der Waals surface area contributed by atoms with Crippen LogP contribution in [0.4, 0.5) is 5.69 Å². The van der Waals surface area contributed by atoms with Crippen LogP contribution >= 0.6 is 0 Å². The zero-order chi connectivity index (χ0) is 16.7. The molecule has 3 heterocycles. The van der Waals surface area contributed by atoms with Gasteiger partial charge in [0.15, 0.2) is 5.76 Å². The lowest BCUT2D eigenvalue weighted by Gasteiger charge is -2.46. The smallest absolute Gasteiger partial charge is 0.289 e. The Morgan fingerprint density at radius 3 is 2.67 bits per heavy atom. The molecule has 4 rings (SSSR count). The van der Waals surface area contributed by atoms with Crippen molar-refractivity contribution in [1.29, 1.82) is 0 Å². The van der Waals surface area contributed by atoms with Crippen molar-refractivity contribution in [2.24, 2.45) is 0 Å². The maximum Gasteiger partial charge on any atom is 0.289 e. The first-order valence-electron chi connectivity index (χ1n) is 8.11. The minimum absolute atomic E-state index is 0.0572. The van der Waals surface area contributed by atoms with E-state index in [9.17, 15) is 9.59 Å². The molecule has 0 unspecified atom stereocenters. The lowest BCUT2D eigenvalue weighted by atomic mass is 9.91. The van der Waals surface area contributed by atoms with Gasteiger partial charge in [-0.25, -0.2) is 0 Å². The number of furan rings is 1. The molecule has 6 heteroatoms. The molecular formula is C18H19N3O3. The number of amides is 2. The monoisotopic (exact) mass is 325 g/mol. The van der Waals surface area contributed by atoms with Gasteiger partial charge in [-0.3, -0.25) is 9.59 Å². The van der Waals surface area contributed by atoms with Crippen LogP contribution in [0, 0.1) is 6.92 Å². The zero-order valence-corrected chi connectivity index (χ0v) is 13.5. The number of carbonyl (C=O) groups excluding carboxylic acids is 2. The van der Waals surface area contributed by atoms with Gasteiger partial charge in [0.05, 0.1) is 17.5 Å². The summed E-state index contributed by atoms with van der Waals surface area (Å²) in [5, 5.41) is 6.61. The van der Waals surface area contributed by atoms with Gasteiger partial charge in [-0.05, 0) is 30.7 Å². The number of fused-ring (bicyclic) bond motifs is 1. The number of rotatable bonds is 1. The molecule has 1 aromatic heterocycles. The normalized spacial score (nSPS) is 18.7. The van der Waals surface area contributed by atoms with E-state index < -0.39 is 5.66 Å². The van der Waals surface area contributed by atoms with Gasteiger partial charge in [0, 0.05) is 25.9 Å². The maximum absolute atomic E-state index is 12.5. The first-order valence-corrected chi connectivity index (χ1v) is 8.11. The highest BCUT2D eigenvalue weighted by atomic mass is 16.3. The minimum Gasteiger partial charge on any atom is -0.459 e. The second kappa shape index (κ2) is 5.40. The Balaban J connectivity index is 1.52. The van der Waals surface area contributed by atoms with Crippen molar-refractivity contribution < 1.29 is 14.0 Å². The second-order valence-electron chi connectivity index (χ2n) is 6.43. The highest BCUT2D eigenvalue weighted by Crippen LogP contribution is 2.33. The molecule has 1 fully saturated rings. The largest absolute Gasteiger partial charge is 0.459 e. The first kappa shape index (κ1) is 14.8. The summed E-state index contributed by atoms with van der Waals surface area (Å²) in [6.45, 7) is 3.12. The van der Waals surface area contributed by atoms with Crippen molar-refractivity contribution in [2.45, 2.75) is 25.4 Å². The van der Waals surface area contributed by atoms with Crippen molar-refractivity contribution in [2.75, 3.05) is 18.4 Å². The van der Waals surface area contributed by atoms with E-state index >= 15 is 0 Å². The number of nitrogens with zero attached hydrogens (tertiary/aromatic N) is 1. The lowest BCUT2D eigenvalue weighted by Crippen LogP contribution is -2.62. The Morgan fingerprint density at radius 2 is 1.96 bits per heavy atom. The quantitative estimate of drug-likeness (QED) is 0.844. The molecule has 124 valence electrons. The molecule has 0 bridgehead atoms. The third-order valence-electron chi connectivity index (χ3n) is 4.87. The summed E-state index contributed by atoms with van der Waals surface area (Å²) >= 11 is 0. The number of likely N-dealkylation sites (tertiary alicyclic amines) is 1. The first-order chi connectivity index (χ1) is 11.6. The predicted octanol–water partition coefficient (Wildman–Crippen LogP) is 2.38. The van der Waals surface area contributed by atoms with E-state index in [1.807, 2.05) is 25.1 Å². The molecule has 2 aliphatic rings. The van der Waals surface area contributed by atoms with Crippen LogP contribution in [0.1, 0.15) is 39.3 Å². The molecule has 1 saturated heterocycles. The van der Waals surface area contributed by atoms with Crippen LogP contribution in [-0.4, -0.2) is 35.5 Å². The average Bonchev–Trinajstić information content (AvgIpc) is 3.11. The summed E-state index contributed by atoms with van der Waals surface area (Å²) in [4.78, 5) is 26.6. The molecule has 24 heavy (non-hydrogen) atoms. The molecule has 0 atom stereocenters. The van der Waals surface area contributed by atoms with E-state index in [4.69, 9.17) is 4.42 Å². The topological polar surface area (TPSA) is 74.6 Å². The van der Waals surface area contributed by atoms with Gasteiger partial charge in [0.1, 0.15) is 5.66 Å². The minimum atomic E-state index is -0.490. The summed E-state index contributed by atoms with van der Waals surface area (Å²) in [5.41, 5.74) is 2.13. The zero-order valence-electron chi connectivity index (χ0n) is 13.5. The second-order valence-corrected chi connectivity index (χ2v) is 6.43. The van der Waals surface area contributed by atoms with E-state index in [0.717, 1.165) is 11.3 Å². The summed E-state index contributed by atoms with van der Waals surface area (Å²) in [5.74, 6) is 0.194. The van der Waals surface area contributed by atoms with E-state index in [0.29, 0.717) is 37.3 Å². The average molecular weight is 325 g/mol. The number of aryl methyl sites for hydroxylation is 1. The Labute approximate surface area is 139 Å². The van der Waals surface area contributed by atoms with Crippen LogP contribution in [0.25, 0.3) is 0 Å². The molecule has 1 aromatic carbocycles. The van der Waals surface area contributed by atoms with Gasteiger partial charge in [-0.1, -0.05) is 12.1 Å². The van der Waals surface area contributed by atoms with Crippen molar-refractivity contribution in [1.82, 2.24) is 10.2 Å². The number of piperidine rings is 1. The van der Waals surface area contributed by atoms with E-state index in [2.05, 4.69) is 10.6 Å².